The number of benzene rings is 3. The SMILES string of the molecule is COC(=O)c1ccc2c(c1)oc(=O)n2CC(=O)c1ccc(-c2ccccc2)cc1. The van der Waals surface area contributed by atoms with E-state index in [-0.39, 0.29) is 23.5 Å². The number of aromatic nitrogens is 1. The number of fused-ring (bicyclic) bond motifs is 1. The summed E-state index contributed by atoms with van der Waals surface area (Å²) in [4.78, 5) is 36.6. The number of carbonyl (C=O) groups excluding carboxylic acids is 2. The van der Waals surface area contributed by atoms with Gasteiger partial charge in [-0.1, -0.05) is 54.6 Å². The zero-order chi connectivity index (χ0) is 20.4. The predicted molar refractivity (Wildman–Crippen MR) is 108 cm³/mol. The van der Waals surface area contributed by atoms with Crippen LogP contribution in [0.4, 0.5) is 0 Å². The van der Waals surface area contributed by atoms with E-state index in [2.05, 4.69) is 4.74 Å². The van der Waals surface area contributed by atoms with Gasteiger partial charge in [-0.25, -0.2) is 9.59 Å². The van der Waals surface area contributed by atoms with Crippen LogP contribution in [0.2, 0.25) is 0 Å². The summed E-state index contributed by atoms with van der Waals surface area (Å²) in [5, 5.41) is 0. The van der Waals surface area contributed by atoms with Crippen LogP contribution in [0.25, 0.3) is 22.2 Å². The molecular formula is C23H17NO5. The minimum atomic E-state index is -0.656. The van der Waals surface area contributed by atoms with E-state index in [0.717, 1.165) is 11.1 Å². The van der Waals surface area contributed by atoms with Gasteiger partial charge in [-0.2, -0.15) is 0 Å². The molecule has 0 radical (unpaired) electrons. The zero-order valence-electron chi connectivity index (χ0n) is 15.6. The van der Waals surface area contributed by atoms with Gasteiger partial charge in [0.1, 0.15) is 0 Å². The molecule has 4 aromatic rings. The maximum Gasteiger partial charge on any atom is 0.420 e. The maximum atomic E-state index is 12.7. The lowest BCUT2D eigenvalue weighted by Gasteiger charge is -2.05. The van der Waals surface area contributed by atoms with Crippen molar-refractivity contribution in [3.63, 3.8) is 0 Å². The molecule has 0 fully saturated rings. The van der Waals surface area contributed by atoms with Gasteiger partial charge in [0, 0.05) is 5.56 Å². The number of rotatable bonds is 5. The van der Waals surface area contributed by atoms with Crippen LogP contribution < -0.4 is 5.76 Å². The quantitative estimate of drug-likeness (QED) is 0.383. The summed E-state index contributed by atoms with van der Waals surface area (Å²) in [6.07, 6.45) is 0. The molecule has 0 saturated heterocycles. The summed E-state index contributed by atoms with van der Waals surface area (Å²) < 4.78 is 11.1. The molecular weight excluding hydrogens is 370 g/mol. The highest BCUT2D eigenvalue weighted by Gasteiger charge is 2.16. The Balaban J connectivity index is 1.60. The number of methoxy groups -OCH3 is 1. The van der Waals surface area contributed by atoms with E-state index in [1.807, 2.05) is 42.5 Å². The molecule has 6 heteroatoms. The van der Waals surface area contributed by atoms with Gasteiger partial charge < -0.3 is 9.15 Å². The number of ketones is 1. The molecule has 29 heavy (non-hydrogen) atoms. The zero-order valence-corrected chi connectivity index (χ0v) is 15.6. The van der Waals surface area contributed by atoms with E-state index >= 15 is 0 Å². The van der Waals surface area contributed by atoms with Crippen LogP contribution in [0.15, 0.2) is 82.0 Å². The summed E-state index contributed by atoms with van der Waals surface area (Å²) in [5.41, 5.74) is 3.50. The van der Waals surface area contributed by atoms with Crippen LogP contribution >= 0.6 is 0 Å². The van der Waals surface area contributed by atoms with Gasteiger partial charge in [-0.15, -0.1) is 0 Å². The van der Waals surface area contributed by atoms with E-state index in [1.54, 1.807) is 18.2 Å². The molecule has 0 unspecified atom stereocenters. The number of esters is 1. The summed E-state index contributed by atoms with van der Waals surface area (Å²) in [6.45, 7) is -0.159. The number of hydrogen-bond acceptors (Lipinski definition) is 5. The second-order valence-electron chi connectivity index (χ2n) is 6.49. The second kappa shape index (κ2) is 7.59. The van der Waals surface area contributed by atoms with E-state index in [9.17, 15) is 14.4 Å². The average Bonchev–Trinajstić information content (AvgIpc) is 3.08. The first kappa shape index (κ1) is 18.4. The summed E-state index contributed by atoms with van der Waals surface area (Å²) in [5.74, 6) is -1.40. The molecule has 0 spiro atoms. The third-order valence-corrected chi connectivity index (χ3v) is 4.71. The molecule has 144 valence electrons. The van der Waals surface area contributed by atoms with Crippen LogP contribution in [-0.2, 0) is 11.3 Å². The number of oxazole rings is 1. The van der Waals surface area contributed by atoms with Gasteiger partial charge in [0.15, 0.2) is 11.4 Å². The van der Waals surface area contributed by atoms with Crippen molar-refractivity contribution in [1.82, 2.24) is 4.57 Å². The third-order valence-electron chi connectivity index (χ3n) is 4.71. The fraction of sp³-hybridized carbons (Fsp3) is 0.0870. The second-order valence-corrected chi connectivity index (χ2v) is 6.49. The Hall–Kier alpha value is -3.93. The van der Waals surface area contributed by atoms with Crippen molar-refractivity contribution >= 4 is 22.9 Å². The molecule has 0 bridgehead atoms. The Morgan fingerprint density at radius 2 is 1.55 bits per heavy atom. The Morgan fingerprint density at radius 1 is 0.897 bits per heavy atom. The van der Waals surface area contributed by atoms with Gasteiger partial charge in [-0.3, -0.25) is 9.36 Å². The highest BCUT2D eigenvalue weighted by Crippen LogP contribution is 2.20. The topological polar surface area (TPSA) is 78.5 Å². The molecule has 0 atom stereocenters. The highest BCUT2D eigenvalue weighted by atomic mass is 16.5. The van der Waals surface area contributed by atoms with Crippen molar-refractivity contribution in [2.75, 3.05) is 7.11 Å². The number of ether oxygens (including phenoxy) is 1. The fourth-order valence-electron chi connectivity index (χ4n) is 3.17. The van der Waals surface area contributed by atoms with Crippen molar-refractivity contribution in [2.45, 2.75) is 6.54 Å². The highest BCUT2D eigenvalue weighted by molar-refractivity contribution is 5.97. The number of Topliss-reactive ketones (excluding diaryl/α,β-unsaturated/α-hetero) is 1. The van der Waals surface area contributed by atoms with Gasteiger partial charge in [0.2, 0.25) is 0 Å². The molecule has 0 aliphatic rings. The van der Waals surface area contributed by atoms with Crippen LogP contribution in [-0.4, -0.2) is 23.4 Å². The lowest BCUT2D eigenvalue weighted by Crippen LogP contribution is -2.20. The van der Waals surface area contributed by atoms with Crippen LogP contribution in [0.1, 0.15) is 20.7 Å². The van der Waals surface area contributed by atoms with Crippen LogP contribution in [0.3, 0.4) is 0 Å². The normalized spacial score (nSPS) is 10.8. The standard InChI is InChI=1S/C23H17NO5/c1-28-22(26)18-11-12-19-21(13-18)29-23(27)24(19)14-20(25)17-9-7-16(8-10-17)15-5-3-2-4-6-15/h2-13H,14H2,1H3. The van der Waals surface area contributed by atoms with Crippen molar-refractivity contribution in [3.05, 3.63) is 94.5 Å². The van der Waals surface area contributed by atoms with Crippen molar-refractivity contribution in [3.8, 4) is 11.1 Å². The Morgan fingerprint density at radius 3 is 2.24 bits per heavy atom. The summed E-state index contributed by atoms with van der Waals surface area (Å²) >= 11 is 0. The molecule has 0 aliphatic heterocycles. The fourth-order valence-corrected chi connectivity index (χ4v) is 3.17. The molecule has 0 amide bonds. The molecule has 3 aromatic carbocycles. The third kappa shape index (κ3) is 3.60. The van der Waals surface area contributed by atoms with E-state index < -0.39 is 11.7 Å². The van der Waals surface area contributed by atoms with E-state index in [1.165, 1.54) is 23.8 Å². The predicted octanol–water partition coefficient (Wildman–Crippen LogP) is 3.93. The van der Waals surface area contributed by atoms with Crippen molar-refractivity contribution < 1.29 is 18.7 Å². The minimum absolute atomic E-state index is 0.159. The average molecular weight is 387 g/mol. The lowest BCUT2D eigenvalue weighted by molar-refractivity contribution is 0.0600. The molecule has 6 nitrogen and oxygen atoms in total. The van der Waals surface area contributed by atoms with Gasteiger partial charge >= 0.3 is 11.7 Å². The molecule has 0 N–H and O–H groups in total. The first-order valence-electron chi connectivity index (χ1n) is 8.97. The molecule has 4 rings (SSSR count). The lowest BCUT2D eigenvalue weighted by atomic mass is 10.0. The molecule has 0 saturated carbocycles. The van der Waals surface area contributed by atoms with Crippen LogP contribution in [0, 0.1) is 0 Å². The van der Waals surface area contributed by atoms with E-state index in [4.69, 9.17) is 4.42 Å². The monoisotopic (exact) mass is 387 g/mol. The van der Waals surface area contributed by atoms with Gasteiger partial charge in [0.25, 0.3) is 0 Å². The first-order chi connectivity index (χ1) is 14.1. The minimum Gasteiger partial charge on any atom is -0.465 e. The smallest absolute Gasteiger partial charge is 0.420 e. The van der Waals surface area contributed by atoms with Crippen molar-refractivity contribution in [2.24, 2.45) is 0 Å². The Kier molecular flexibility index (Phi) is 4.83. The molecule has 0 aliphatic carbocycles. The Bertz CT molecular complexity index is 1250. The van der Waals surface area contributed by atoms with Crippen LogP contribution in [0.5, 0.6) is 0 Å². The largest absolute Gasteiger partial charge is 0.465 e. The summed E-state index contributed by atoms with van der Waals surface area (Å²) in [7, 11) is 1.27. The summed E-state index contributed by atoms with van der Waals surface area (Å²) in [6, 6.07) is 21.6. The number of nitrogens with zero attached hydrogens (tertiary/aromatic N) is 1. The van der Waals surface area contributed by atoms with Crippen molar-refractivity contribution in [1.29, 1.82) is 0 Å². The van der Waals surface area contributed by atoms with Gasteiger partial charge in [-0.05, 0) is 29.3 Å². The number of hydrogen-bond donors (Lipinski definition) is 0. The molecule has 1 aromatic heterocycles. The number of carbonyl (C=O) groups is 2. The molecule has 1 heterocycles. The van der Waals surface area contributed by atoms with Gasteiger partial charge in [0.05, 0.1) is 24.7 Å². The van der Waals surface area contributed by atoms with E-state index in [0.29, 0.717) is 11.1 Å². The first-order valence-corrected chi connectivity index (χ1v) is 8.97. The Labute approximate surface area is 166 Å². The maximum absolute atomic E-state index is 12.7.